The van der Waals surface area contributed by atoms with E-state index >= 15 is 0 Å². The zero-order valence-corrected chi connectivity index (χ0v) is 14.0. The number of aldehydes is 1. The van der Waals surface area contributed by atoms with Gasteiger partial charge in [-0.1, -0.05) is 12.1 Å². The molecule has 5 nitrogen and oxygen atoms in total. The first-order chi connectivity index (χ1) is 10.8. The summed E-state index contributed by atoms with van der Waals surface area (Å²) in [5, 5.41) is 9.36. The molecular formula is C18H25NO4. The molecule has 1 saturated heterocycles. The van der Waals surface area contributed by atoms with Crippen LogP contribution in [0.2, 0.25) is 0 Å². The fourth-order valence-electron chi connectivity index (χ4n) is 2.93. The van der Waals surface area contributed by atoms with E-state index in [1.165, 1.54) is 0 Å². The van der Waals surface area contributed by atoms with E-state index in [4.69, 9.17) is 4.74 Å². The normalized spacial score (nSPS) is 17.6. The molecule has 2 rings (SSSR count). The average molecular weight is 319 g/mol. The van der Waals surface area contributed by atoms with Crippen LogP contribution in [0.5, 0.6) is 5.75 Å². The summed E-state index contributed by atoms with van der Waals surface area (Å²) in [7, 11) is 0. The molecule has 0 aromatic heterocycles. The van der Waals surface area contributed by atoms with Gasteiger partial charge in [0.25, 0.3) is 0 Å². The smallest absolute Gasteiger partial charge is 0.410 e. The minimum absolute atomic E-state index is 0.193. The molecule has 0 saturated carbocycles. The van der Waals surface area contributed by atoms with E-state index < -0.39 is 5.60 Å². The number of phenolic OH excluding ortho intramolecular Hbond substituents is 1. The lowest BCUT2D eigenvalue weighted by Gasteiger charge is -2.35. The molecule has 1 amide bonds. The minimum atomic E-state index is -0.495. The van der Waals surface area contributed by atoms with Crippen LogP contribution in [0.3, 0.4) is 0 Å². The lowest BCUT2D eigenvalue weighted by atomic mass is 9.81. The second-order valence-electron chi connectivity index (χ2n) is 7.06. The van der Waals surface area contributed by atoms with Gasteiger partial charge in [-0.05, 0) is 57.2 Å². The van der Waals surface area contributed by atoms with Crippen molar-refractivity contribution >= 4 is 12.4 Å². The van der Waals surface area contributed by atoms with Crippen LogP contribution in [0, 0.1) is 5.92 Å². The molecule has 23 heavy (non-hydrogen) atoms. The van der Waals surface area contributed by atoms with E-state index in [1.807, 2.05) is 20.8 Å². The first kappa shape index (κ1) is 17.3. The third-order valence-corrected chi connectivity index (χ3v) is 4.12. The number of nitrogens with zero attached hydrogens (tertiary/aromatic N) is 1. The quantitative estimate of drug-likeness (QED) is 0.868. The zero-order chi connectivity index (χ0) is 17.0. The molecule has 1 N–H and O–H groups in total. The number of rotatable bonds is 3. The van der Waals surface area contributed by atoms with Gasteiger partial charge in [-0.3, -0.25) is 0 Å². The molecule has 1 aliphatic heterocycles. The first-order valence-electron chi connectivity index (χ1n) is 8.02. The lowest BCUT2D eigenvalue weighted by molar-refractivity contribution is -0.110. The third kappa shape index (κ3) is 4.71. The van der Waals surface area contributed by atoms with Crippen LogP contribution in [0.25, 0.3) is 0 Å². The van der Waals surface area contributed by atoms with Crippen molar-refractivity contribution < 1.29 is 19.4 Å². The zero-order valence-electron chi connectivity index (χ0n) is 14.0. The van der Waals surface area contributed by atoms with E-state index in [0.717, 1.165) is 24.7 Å². The lowest BCUT2D eigenvalue weighted by Crippen LogP contribution is -2.42. The van der Waals surface area contributed by atoms with Gasteiger partial charge in [0.1, 0.15) is 17.6 Å². The summed E-state index contributed by atoms with van der Waals surface area (Å²) in [5.74, 6) is 0.199. The van der Waals surface area contributed by atoms with Crippen molar-refractivity contribution in [3.05, 3.63) is 29.8 Å². The molecule has 1 aromatic rings. The molecule has 0 radical (unpaired) electrons. The van der Waals surface area contributed by atoms with Crippen LogP contribution >= 0.6 is 0 Å². The second-order valence-corrected chi connectivity index (χ2v) is 7.06. The number of likely N-dealkylation sites (tertiary alicyclic amines) is 1. The Morgan fingerprint density at radius 3 is 2.30 bits per heavy atom. The van der Waals surface area contributed by atoms with Crippen molar-refractivity contribution in [2.75, 3.05) is 13.1 Å². The maximum Gasteiger partial charge on any atom is 0.410 e. The Morgan fingerprint density at radius 1 is 1.26 bits per heavy atom. The number of piperidine rings is 1. The topological polar surface area (TPSA) is 66.8 Å². The molecule has 1 heterocycles. The second kappa shape index (κ2) is 7.02. The van der Waals surface area contributed by atoms with E-state index in [1.54, 1.807) is 29.2 Å². The predicted octanol–water partition coefficient (Wildman–Crippen LogP) is 3.32. The predicted molar refractivity (Wildman–Crippen MR) is 87.4 cm³/mol. The van der Waals surface area contributed by atoms with Gasteiger partial charge in [0.15, 0.2) is 0 Å². The number of benzene rings is 1. The van der Waals surface area contributed by atoms with Gasteiger partial charge >= 0.3 is 6.09 Å². The largest absolute Gasteiger partial charge is 0.508 e. The van der Waals surface area contributed by atoms with Gasteiger partial charge in [-0.15, -0.1) is 0 Å². The van der Waals surface area contributed by atoms with Crippen molar-refractivity contribution in [2.24, 2.45) is 5.92 Å². The Hall–Kier alpha value is -2.04. The highest BCUT2D eigenvalue weighted by atomic mass is 16.6. The number of ether oxygens (including phenoxy) is 1. The third-order valence-electron chi connectivity index (χ3n) is 4.12. The van der Waals surface area contributed by atoms with Crippen LogP contribution in [0.4, 0.5) is 4.79 Å². The maximum absolute atomic E-state index is 12.1. The molecule has 0 spiro atoms. The summed E-state index contributed by atoms with van der Waals surface area (Å²) in [5.41, 5.74) is 0.416. The summed E-state index contributed by atoms with van der Waals surface area (Å²) in [6.45, 7) is 6.75. The molecule has 1 unspecified atom stereocenters. The molecule has 126 valence electrons. The van der Waals surface area contributed by atoms with E-state index in [0.29, 0.717) is 13.1 Å². The molecule has 1 fully saturated rings. The van der Waals surface area contributed by atoms with Crippen LogP contribution in [0.15, 0.2) is 24.3 Å². The number of hydrogen-bond donors (Lipinski definition) is 1. The molecule has 5 heteroatoms. The van der Waals surface area contributed by atoms with E-state index in [-0.39, 0.29) is 23.7 Å². The fourth-order valence-corrected chi connectivity index (χ4v) is 2.93. The summed E-state index contributed by atoms with van der Waals surface area (Å²) >= 11 is 0. The summed E-state index contributed by atoms with van der Waals surface area (Å²) in [4.78, 5) is 25.3. The summed E-state index contributed by atoms with van der Waals surface area (Å²) < 4.78 is 5.39. The Labute approximate surface area is 137 Å². The van der Waals surface area contributed by atoms with Crippen LogP contribution in [0.1, 0.15) is 45.1 Å². The molecule has 0 bridgehead atoms. The van der Waals surface area contributed by atoms with E-state index in [2.05, 4.69) is 0 Å². The molecule has 1 aromatic carbocycles. The van der Waals surface area contributed by atoms with Crippen LogP contribution in [-0.4, -0.2) is 41.1 Å². The Morgan fingerprint density at radius 2 is 1.83 bits per heavy atom. The number of aromatic hydroxyl groups is 1. The van der Waals surface area contributed by atoms with Crippen molar-refractivity contribution in [3.8, 4) is 5.75 Å². The first-order valence-corrected chi connectivity index (χ1v) is 8.02. The standard InChI is InChI=1S/C18H25NO4/c1-18(2,3)23-17(22)19-10-8-14(9-11-19)16(12-20)13-4-6-15(21)7-5-13/h4-7,12,14,16,21H,8-11H2,1-3H3. The molecule has 0 aliphatic carbocycles. The average Bonchev–Trinajstić information content (AvgIpc) is 2.49. The van der Waals surface area contributed by atoms with Crippen molar-refractivity contribution in [1.82, 2.24) is 4.90 Å². The molecular weight excluding hydrogens is 294 g/mol. The van der Waals surface area contributed by atoms with Gasteiger partial charge in [0.2, 0.25) is 0 Å². The summed E-state index contributed by atoms with van der Waals surface area (Å²) in [6, 6.07) is 6.77. The van der Waals surface area contributed by atoms with Gasteiger partial charge < -0.3 is 19.5 Å². The highest BCUT2D eigenvalue weighted by Crippen LogP contribution is 2.32. The van der Waals surface area contributed by atoms with Crippen LogP contribution in [-0.2, 0) is 9.53 Å². The molecule has 1 atom stereocenters. The number of carbonyl (C=O) groups is 2. The van der Waals surface area contributed by atoms with Crippen molar-refractivity contribution in [2.45, 2.75) is 45.1 Å². The fraction of sp³-hybridized carbons (Fsp3) is 0.556. The Balaban J connectivity index is 1.96. The van der Waals surface area contributed by atoms with Gasteiger partial charge in [-0.25, -0.2) is 4.79 Å². The number of carbonyl (C=O) groups excluding carboxylic acids is 2. The molecule has 1 aliphatic rings. The minimum Gasteiger partial charge on any atom is -0.508 e. The maximum atomic E-state index is 12.1. The Kier molecular flexibility index (Phi) is 5.29. The highest BCUT2D eigenvalue weighted by molar-refractivity contribution is 5.68. The van der Waals surface area contributed by atoms with Crippen LogP contribution < -0.4 is 0 Å². The number of amides is 1. The number of hydrogen-bond acceptors (Lipinski definition) is 4. The summed E-state index contributed by atoms with van der Waals surface area (Å²) in [6.07, 6.45) is 2.22. The Bertz CT molecular complexity index is 539. The van der Waals surface area contributed by atoms with Gasteiger partial charge in [0, 0.05) is 19.0 Å². The van der Waals surface area contributed by atoms with Gasteiger partial charge in [0.05, 0.1) is 0 Å². The monoisotopic (exact) mass is 319 g/mol. The van der Waals surface area contributed by atoms with E-state index in [9.17, 15) is 14.7 Å². The van der Waals surface area contributed by atoms with Gasteiger partial charge in [-0.2, -0.15) is 0 Å². The van der Waals surface area contributed by atoms with Crippen molar-refractivity contribution in [3.63, 3.8) is 0 Å². The van der Waals surface area contributed by atoms with Crippen molar-refractivity contribution in [1.29, 1.82) is 0 Å². The SMILES string of the molecule is CC(C)(C)OC(=O)N1CCC(C(C=O)c2ccc(O)cc2)CC1. The highest BCUT2D eigenvalue weighted by Gasteiger charge is 2.31. The number of phenols is 1.